The fourth-order valence-electron chi connectivity index (χ4n) is 2.30. The Morgan fingerprint density at radius 1 is 1.28 bits per heavy atom. The quantitative estimate of drug-likeness (QED) is 0.527. The summed E-state index contributed by atoms with van der Waals surface area (Å²) in [5.41, 5.74) is 0. The number of nitrogens with zero attached hydrogens (tertiary/aromatic N) is 1. The summed E-state index contributed by atoms with van der Waals surface area (Å²) in [6.45, 7) is 1.67. The molecule has 0 aromatic rings. The summed E-state index contributed by atoms with van der Waals surface area (Å²) >= 11 is 0. The molecular formula is C13H21NO4. The summed E-state index contributed by atoms with van der Waals surface area (Å²) < 4.78 is 4.67. The van der Waals surface area contributed by atoms with Crippen LogP contribution < -0.4 is 0 Å². The Morgan fingerprint density at radius 2 is 1.94 bits per heavy atom. The van der Waals surface area contributed by atoms with Gasteiger partial charge in [-0.3, -0.25) is 9.59 Å². The van der Waals surface area contributed by atoms with E-state index in [2.05, 4.69) is 4.74 Å². The van der Waals surface area contributed by atoms with Gasteiger partial charge >= 0.3 is 5.97 Å². The summed E-state index contributed by atoms with van der Waals surface area (Å²) in [6.07, 6.45) is 6.57. The van der Waals surface area contributed by atoms with Crippen LogP contribution in [0, 0.1) is 5.92 Å². The number of amides is 1. The van der Waals surface area contributed by atoms with Crippen LogP contribution in [-0.2, 0) is 19.1 Å². The zero-order chi connectivity index (χ0) is 13.4. The van der Waals surface area contributed by atoms with Crippen LogP contribution in [0.15, 0.2) is 0 Å². The SMILES string of the molecule is CC(=O)OCC(=O)N(CC=O)CC1CCCCC1. The first-order valence-corrected chi connectivity index (χ1v) is 6.48. The van der Waals surface area contributed by atoms with Gasteiger partial charge < -0.3 is 14.4 Å². The lowest BCUT2D eigenvalue weighted by Gasteiger charge is -2.28. The topological polar surface area (TPSA) is 63.7 Å². The Hall–Kier alpha value is -1.39. The number of rotatable bonds is 6. The van der Waals surface area contributed by atoms with Crippen molar-refractivity contribution in [2.24, 2.45) is 5.92 Å². The van der Waals surface area contributed by atoms with Crippen LogP contribution in [0.25, 0.3) is 0 Å². The van der Waals surface area contributed by atoms with Gasteiger partial charge in [-0.1, -0.05) is 19.3 Å². The molecule has 0 spiro atoms. The van der Waals surface area contributed by atoms with Crippen LogP contribution in [-0.4, -0.2) is 42.8 Å². The van der Waals surface area contributed by atoms with E-state index < -0.39 is 5.97 Å². The van der Waals surface area contributed by atoms with Crippen molar-refractivity contribution in [3.8, 4) is 0 Å². The smallest absolute Gasteiger partial charge is 0.303 e. The number of ether oxygens (including phenoxy) is 1. The van der Waals surface area contributed by atoms with Crippen LogP contribution in [0.5, 0.6) is 0 Å². The van der Waals surface area contributed by atoms with Crippen molar-refractivity contribution in [1.29, 1.82) is 0 Å². The number of carbonyl (C=O) groups is 3. The van der Waals surface area contributed by atoms with Crippen molar-refractivity contribution in [3.63, 3.8) is 0 Å². The molecule has 102 valence electrons. The average Bonchev–Trinajstić information content (AvgIpc) is 2.36. The largest absolute Gasteiger partial charge is 0.456 e. The van der Waals surface area contributed by atoms with Crippen molar-refractivity contribution in [1.82, 2.24) is 4.90 Å². The Morgan fingerprint density at radius 3 is 2.50 bits per heavy atom. The number of hydrogen-bond acceptors (Lipinski definition) is 4. The standard InChI is InChI=1S/C13H21NO4/c1-11(16)18-10-13(17)14(7-8-15)9-12-5-3-2-4-6-12/h8,12H,2-7,9-10H2,1H3. The molecule has 0 bridgehead atoms. The van der Waals surface area contributed by atoms with E-state index >= 15 is 0 Å². The zero-order valence-electron chi connectivity index (χ0n) is 10.9. The van der Waals surface area contributed by atoms with Gasteiger partial charge in [-0.2, -0.15) is 0 Å². The Balaban J connectivity index is 2.43. The molecule has 5 heteroatoms. The Kier molecular flexibility index (Phi) is 6.39. The predicted molar refractivity (Wildman–Crippen MR) is 65.9 cm³/mol. The molecule has 1 aliphatic rings. The van der Waals surface area contributed by atoms with Crippen LogP contribution in [0.4, 0.5) is 0 Å². The van der Waals surface area contributed by atoms with E-state index in [0.29, 0.717) is 18.7 Å². The second-order valence-electron chi connectivity index (χ2n) is 4.75. The Bertz CT molecular complexity index is 297. The molecule has 0 saturated heterocycles. The van der Waals surface area contributed by atoms with E-state index in [1.165, 1.54) is 31.1 Å². The first-order chi connectivity index (χ1) is 8.63. The highest BCUT2D eigenvalue weighted by Crippen LogP contribution is 2.24. The summed E-state index contributed by atoms with van der Waals surface area (Å²) in [5.74, 6) is -0.296. The molecule has 1 fully saturated rings. The van der Waals surface area contributed by atoms with E-state index in [1.807, 2.05) is 0 Å². The molecular weight excluding hydrogens is 234 g/mol. The van der Waals surface area contributed by atoms with Gasteiger partial charge in [0.25, 0.3) is 5.91 Å². The van der Waals surface area contributed by atoms with Gasteiger partial charge in [0.1, 0.15) is 6.29 Å². The maximum Gasteiger partial charge on any atom is 0.303 e. The van der Waals surface area contributed by atoms with Crippen molar-refractivity contribution in [3.05, 3.63) is 0 Å². The minimum atomic E-state index is -0.480. The van der Waals surface area contributed by atoms with Gasteiger partial charge in [0.15, 0.2) is 6.61 Å². The summed E-state index contributed by atoms with van der Waals surface area (Å²) in [7, 11) is 0. The van der Waals surface area contributed by atoms with Crippen LogP contribution in [0.1, 0.15) is 39.0 Å². The number of carbonyl (C=O) groups excluding carboxylic acids is 3. The van der Waals surface area contributed by atoms with E-state index in [1.54, 1.807) is 0 Å². The molecule has 1 saturated carbocycles. The van der Waals surface area contributed by atoms with Crippen LogP contribution in [0.2, 0.25) is 0 Å². The third kappa shape index (κ3) is 5.29. The predicted octanol–water partition coefficient (Wildman–Crippen LogP) is 1.16. The second kappa shape index (κ2) is 7.84. The maximum absolute atomic E-state index is 11.8. The fraction of sp³-hybridized carbons (Fsp3) is 0.769. The zero-order valence-corrected chi connectivity index (χ0v) is 10.9. The molecule has 1 aliphatic carbocycles. The van der Waals surface area contributed by atoms with Gasteiger partial charge in [0, 0.05) is 13.5 Å². The molecule has 0 atom stereocenters. The minimum absolute atomic E-state index is 0.0800. The summed E-state index contributed by atoms with van der Waals surface area (Å²) in [6, 6.07) is 0. The van der Waals surface area contributed by atoms with Crippen LogP contribution in [0.3, 0.4) is 0 Å². The molecule has 0 N–H and O–H groups in total. The van der Waals surface area contributed by atoms with Gasteiger partial charge in [-0.05, 0) is 18.8 Å². The van der Waals surface area contributed by atoms with Crippen molar-refractivity contribution in [2.75, 3.05) is 19.7 Å². The highest BCUT2D eigenvalue weighted by molar-refractivity contribution is 5.81. The van der Waals surface area contributed by atoms with Gasteiger partial charge in [-0.25, -0.2) is 0 Å². The fourth-order valence-corrected chi connectivity index (χ4v) is 2.30. The molecule has 0 aliphatic heterocycles. The number of esters is 1. The molecule has 1 rings (SSSR count). The first kappa shape index (κ1) is 14.7. The van der Waals surface area contributed by atoms with Crippen molar-refractivity contribution in [2.45, 2.75) is 39.0 Å². The molecule has 0 aromatic heterocycles. The molecule has 0 radical (unpaired) electrons. The molecule has 0 unspecified atom stereocenters. The monoisotopic (exact) mass is 255 g/mol. The first-order valence-electron chi connectivity index (χ1n) is 6.48. The normalized spacial score (nSPS) is 16.1. The molecule has 1 amide bonds. The minimum Gasteiger partial charge on any atom is -0.456 e. The highest BCUT2D eigenvalue weighted by Gasteiger charge is 2.21. The van der Waals surface area contributed by atoms with E-state index in [4.69, 9.17) is 0 Å². The maximum atomic E-state index is 11.8. The van der Waals surface area contributed by atoms with E-state index in [9.17, 15) is 14.4 Å². The van der Waals surface area contributed by atoms with E-state index in [0.717, 1.165) is 12.8 Å². The summed E-state index contributed by atoms with van der Waals surface area (Å²) in [5, 5.41) is 0. The van der Waals surface area contributed by atoms with Crippen LogP contribution >= 0.6 is 0 Å². The summed E-state index contributed by atoms with van der Waals surface area (Å²) in [4.78, 5) is 34.5. The second-order valence-corrected chi connectivity index (χ2v) is 4.75. The van der Waals surface area contributed by atoms with Gasteiger partial charge in [-0.15, -0.1) is 0 Å². The molecule has 0 aromatic carbocycles. The van der Waals surface area contributed by atoms with Gasteiger partial charge in [0.05, 0.1) is 6.54 Å². The molecule has 0 heterocycles. The lowest BCUT2D eigenvalue weighted by Crippen LogP contribution is -2.39. The van der Waals surface area contributed by atoms with Crippen molar-refractivity contribution < 1.29 is 19.1 Å². The van der Waals surface area contributed by atoms with Crippen molar-refractivity contribution >= 4 is 18.2 Å². The average molecular weight is 255 g/mol. The third-order valence-corrected chi connectivity index (χ3v) is 3.25. The highest BCUT2D eigenvalue weighted by atomic mass is 16.5. The lowest BCUT2D eigenvalue weighted by molar-refractivity contribution is -0.150. The van der Waals surface area contributed by atoms with Gasteiger partial charge in [0.2, 0.25) is 0 Å². The third-order valence-electron chi connectivity index (χ3n) is 3.25. The Labute approximate surface area is 107 Å². The van der Waals surface area contributed by atoms with E-state index in [-0.39, 0.29) is 19.1 Å². The lowest BCUT2D eigenvalue weighted by atomic mass is 9.89. The number of aldehydes is 1. The molecule has 5 nitrogen and oxygen atoms in total. The number of hydrogen-bond donors (Lipinski definition) is 0. The molecule has 18 heavy (non-hydrogen) atoms.